The number of carbonyl (C=O) groups is 2. The second-order valence-corrected chi connectivity index (χ2v) is 17.1. The number of hydrogen-bond acceptors (Lipinski definition) is 10. The number of hydroxylamine groups is 2. The number of nitrogens with zero attached hydrogens (tertiary/aromatic N) is 3. The van der Waals surface area contributed by atoms with E-state index in [9.17, 15) is 26.4 Å². The lowest BCUT2D eigenvalue weighted by molar-refractivity contribution is -0.433. The minimum Gasteiger partial charge on any atom is -0.344 e. The molecule has 52 heavy (non-hydrogen) atoms. The molecule has 14 heteroatoms. The molecule has 0 saturated carbocycles. The lowest BCUT2D eigenvalue weighted by Gasteiger charge is -2.30. The molecule has 5 rings (SSSR count). The van der Waals surface area contributed by atoms with Gasteiger partial charge in [0.15, 0.2) is 5.71 Å². The van der Waals surface area contributed by atoms with Crippen LogP contribution in [-0.2, 0) is 53.9 Å². The Morgan fingerprint density at radius 2 is 1.58 bits per heavy atom. The van der Waals surface area contributed by atoms with Crippen molar-refractivity contribution in [2.24, 2.45) is 0 Å². The molecule has 0 radical (unpaired) electrons. The molecule has 12 nitrogen and oxygen atoms in total. The van der Waals surface area contributed by atoms with Crippen LogP contribution in [0.15, 0.2) is 82.3 Å². The zero-order valence-corrected chi connectivity index (χ0v) is 32.5. The van der Waals surface area contributed by atoms with Gasteiger partial charge in [-0.15, -0.1) is 0 Å². The van der Waals surface area contributed by atoms with E-state index in [1.807, 2.05) is 57.2 Å². The first-order chi connectivity index (χ1) is 24.5. The fourth-order valence-corrected chi connectivity index (χ4v) is 8.85. The molecule has 1 amide bonds. The SMILES string of the molecule is CCN1C(=CC=CC=CC2=[N+](CC)c3ccc(S(=O)(=O)OC)cc3C2(C)C)C(C)(CCCC(=O)ON2CCCC2=O)c2cc(S(=O)(=O)OC)ccc21. The van der Waals surface area contributed by atoms with Crippen LogP contribution in [0, 0.1) is 0 Å². The first-order valence-electron chi connectivity index (χ1n) is 17.4. The van der Waals surface area contributed by atoms with Gasteiger partial charge in [-0.3, -0.25) is 13.2 Å². The highest BCUT2D eigenvalue weighted by Gasteiger charge is 2.45. The average Bonchev–Trinajstić information content (AvgIpc) is 3.70. The maximum Gasteiger partial charge on any atom is 0.332 e. The lowest BCUT2D eigenvalue weighted by atomic mass is 9.77. The Labute approximate surface area is 307 Å². The number of hydrogen-bond donors (Lipinski definition) is 0. The van der Waals surface area contributed by atoms with Crippen molar-refractivity contribution in [1.29, 1.82) is 0 Å². The summed E-state index contributed by atoms with van der Waals surface area (Å²) in [7, 11) is -5.52. The van der Waals surface area contributed by atoms with Gasteiger partial charge < -0.3 is 9.74 Å². The number of amides is 1. The molecule has 1 atom stereocenters. The van der Waals surface area contributed by atoms with Crippen LogP contribution < -0.4 is 4.90 Å². The fourth-order valence-electron chi connectivity index (χ4n) is 7.47. The molecule has 3 aliphatic heterocycles. The van der Waals surface area contributed by atoms with Crippen LogP contribution >= 0.6 is 0 Å². The van der Waals surface area contributed by atoms with Crippen molar-refractivity contribution in [2.75, 3.05) is 38.8 Å². The van der Waals surface area contributed by atoms with Gasteiger partial charge in [-0.2, -0.15) is 26.5 Å². The molecular formula is C38H48N3O9S2+. The summed E-state index contributed by atoms with van der Waals surface area (Å²) in [5, 5.41) is 1.13. The highest BCUT2D eigenvalue weighted by molar-refractivity contribution is 7.87. The molecule has 2 aromatic carbocycles. The molecule has 1 fully saturated rings. The third-order valence-electron chi connectivity index (χ3n) is 10.3. The van der Waals surface area contributed by atoms with E-state index >= 15 is 0 Å². The average molecular weight is 755 g/mol. The number of allylic oxidation sites excluding steroid dienone is 6. The van der Waals surface area contributed by atoms with Gasteiger partial charge in [0.1, 0.15) is 6.54 Å². The molecule has 0 aromatic heterocycles. The van der Waals surface area contributed by atoms with Gasteiger partial charge in [-0.25, -0.2) is 4.79 Å². The number of likely N-dealkylation sites (N-methyl/N-ethyl adjacent to an activating group) is 1. The monoisotopic (exact) mass is 754 g/mol. The van der Waals surface area contributed by atoms with Gasteiger partial charge in [-0.05, 0) is 95.9 Å². The van der Waals surface area contributed by atoms with Crippen LogP contribution in [0.1, 0.15) is 77.8 Å². The Balaban J connectivity index is 1.44. The fraction of sp³-hybridized carbons (Fsp3) is 0.447. The van der Waals surface area contributed by atoms with Crippen molar-refractivity contribution >= 4 is 49.2 Å². The van der Waals surface area contributed by atoms with Crippen LogP contribution in [0.2, 0.25) is 0 Å². The Hall–Kier alpha value is -4.11. The van der Waals surface area contributed by atoms with Gasteiger partial charge in [0.2, 0.25) is 5.69 Å². The second-order valence-electron chi connectivity index (χ2n) is 13.6. The highest BCUT2D eigenvalue weighted by Crippen LogP contribution is 2.51. The topological polar surface area (TPSA) is 140 Å². The molecule has 1 unspecified atom stereocenters. The van der Waals surface area contributed by atoms with E-state index in [4.69, 9.17) is 13.2 Å². The number of rotatable bonds is 14. The highest BCUT2D eigenvalue weighted by atomic mass is 32.2. The zero-order valence-electron chi connectivity index (χ0n) is 30.8. The molecule has 2 aromatic rings. The molecule has 0 bridgehead atoms. The van der Waals surface area contributed by atoms with Crippen LogP contribution in [0.3, 0.4) is 0 Å². The van der Waals surface area contributed by atoms with Gasteiger partial charge in [-0.1, -0.05) is 18.2 Å². The predicted octanol–water partition coefficient (Wildman–Crippen LogP) is 5.80. The van der Waals surface area contributed by atoms with Crippen molar-refractivity contribution in [1.82, 2.24) is 5.06 Å². The van der Waals surface area contributed by atoms with Crippen LogP contribution in [0.4, 0.5) is 11.4 Å². The quantitative estimate of drug-likeness (QED) is 0.132. The molecule has 0 N–H and O–H groups in total. The molecule has 1 saturated heterocycles. The predicted molar refractivity (Wildman–Crippen MR) is 197 cm³/mol. The molecule has 0 aliphatic carbocycles. The summed E-state index contributed by atoms with van der Waals surface area (Å²) in [5.41, 5.74) is 4.30. The minimum atomic E-state index is -3.96. The minimum absolute atomic E-state index is 0.0485. The van der Waals surface area contributed by atoms with Crippen molar-refractivity contribution in [3.05, 3.63) is 83.6 Å². The third kappa shape index (κ3) is 7.26. The van der Waals surface area contributed by atoms with E-state index in [-0.39, 0.29) is 22.1 Å². The summed E-state index contributed by atoms with van der Waals surface area (Å²) in [4.78, 5) is 32.3. The van der Waals surface area contributed by atoms with Gasteiger partial charge in [0.05, 0.1) is 36.0 Å². The lowest BCUT2D eigenvalue weighted by Crippen LogP contribution is -2.30. The van der Waals surface area contributed by atoms with E-state index < -0.39 is 37.0 Å². The zero-order chi connectivity index (χ0) is 38.1. The Bertz CT molecular complexity index is 2100. The summed E-state index contributed by atoms with van der Waals surface area (Å²) in [6.45, 7) is 11.9. The van der Waals surface area contributed by atoms with Crippen molar-refractivity contribution < 1.29 is 44.2 Å². The maximum atomic E-state index is 12.7. The largest absolute Gasteiger partial charge is 0.344 e. The molecule has 3 heterocycles. The van der Waals surface area contributed by atoms with E-state index in [2.05, 4.69) is 23.3 Å². The molecule has 0 spiro atoms. The molecule has 280 valence electrons. The Morgan fingerprint density at radius 1 is 0.923 bits per heavy atom. The summed E-state index contributed by atoms with van der Waals surface area (Å²) in [6, 6.07) is 10.1. The summed E-state index contributed by atoms with van der Waals surface area (Å²) in [5.74, 6) is -0.682. The molecule has 3 aliphatic rings. The van der Waals surface area contributed by atoms with E-state index in [0.29, 0.717) is 45.3 Å². The first-order valence-corrected chi connectivity index (χ1v) is 20.3. The number of fused-ring (bicyclic) bond motifs is 2. The smallest absolute Gasteiger partial charge is 0.332 e. The third-order valence-corrected chi connectivity index (χ3v) is 12.8. The summed E-state index contributed by atoms with van der Waals surface area (Å²) in [6.07, 6.45) is 11.9. The normalized spacial score (nSPS) is 20.9. The van der Waals surface area contributed by atoms with Crippen LogP contribution in [0.5, 0.6) is 0 Å². The first kappa shape index (κ1) is 39.1. The van der Waals surface area contributed by atoms with E-state index in [0.717, 1.165) is 53.2 Å². The maximum absolute atomic E-state index is 12.7. The summed E-state index contributed by atoms with van der Waals surface area (Å²) >= 11 is 0. The Kier molecular flexibility index (Phi) is 11.3. The van der Waals surface area contributed by atoms with Gasteiger partial charge in [0, 0.05) is 53.9 Å². The van der Waals surface area contributed by atoms with Crippen LogP contribution in [0.25, 0.3) is 0 Å². The molecular weight excluding hydrogens is 707 g/mol. The number of anilines is 1. The van der Waals surface area contributed by atoms with Crippen molar-refractivity contribution in [3.63, 3.8) is 0 Å². The van der Waals surface area contributed by atoms with Crippen LogP contribution in [-0.4, -0.2) is 77.9 Å². The Morgan fingerprint density at radius 3 is 2.17 bits per heavy atom. The van der Waals surface area contributed by atoms with Gasteiger partial charge >= 0.3 is 5.97 Å². The van der Waals surface area contributed by atoms with Crippen molar-refractivity contribution in [2.45, 2.75) is 87.3 Å². The van der Waals surface area contributed by atoms with E-state index in [1.54, 1.807) is 30.3 Å². The second kappa shape index (κ2) is 15.1. The summed E-state index contributed by atoms with van der Waals surface area (Å²) < 4.78 is 62.1. The van der Waals surface area contributed by atoms with E-state index in [1.165, 1.54) is 0 Å². The number of carbonyl (C=O) groups excluding carboxylic acids is 2. The van der Waals surface area contributed by atoms with Gasteiger partial charge in [0.25, 0.3) is 26.1 Å². The standard InChI is InChI=1S/C38H48N3O9S2/c1-8-39-31-21-19-27(51(44,45)48-6)25-29(31)37(3,4)33(39)15-11-10-12-16-34-38(5,23-13-18-36(43)50-41-24-14-17-35(41)42)30-26-28(52(46,47)49-7)20-22-32(30)40(34)9-2/h10-12,15-16,19-22,25-26H,8-9,13-14,17-18,23-24H2,1-7H3/q+1. The number of benzene rings is 2. The van der Waals surface area contributed by atoms with Crippen molar-refractivity contribution in [3.8, 4) is 0 Å².